The van der Waals surface area contributed by atoms with Gasteiger partial charge in [0.05, 0.1) is 21.7 Å². The van der Waals surface area contributed by atoms with E-state index in [0.29, 0.717) is 11.3 Å². The lowest BCUT2D eigenvalue weighted by molar-refractivity contribution is -0.385. The van der Waals surface area contributed by atoms with Crippen molar-refractivity contribution in [1.29, 1.82) is 5.26 Å². The van der Waals surface area contributed by atoms with Gasteiger partial charge in [0.25, 0.3) is 11.6 Å². The van der Waals surface area contributed by atoms with E-state index in [9.17, 15) is 19.7 Å². The third-order valence-electron chi connectivity index (χ3n) is 3.59. The number of carbonyl (C=O) groups is 2. The van der Waals surface area contributed by atoms with Gasteiger partial charge in [0, 0.05) is 11.6 Å². The normalized spacial score (nSPS) is 11.1. The van der Waals surface area contributed by atoms with Gasteiger partial charge in [0.2, 0.25) is 0 Å². The van der Waals surface area contributed by atoms with Crippen molar-refractivity contribution in [3.63, 3.8) is 0 Å². The summed E-state index contributed by atoms with van der Waals surface area (Å²) in [5, 5.41) is 22.4. The molecular formula is C18H15N3O5. The van der Waals surface area contributed by atoms with Crippen molar-refractivity contribution in [3.05, 3.63) is 69.3 Å². The average Bonchev–Trinajstić information content (AvgIpc) is 2.61. The zero-order valence-corrected chi connectivity index (χ0v) is 14.1. The van der Waals surface area contributed by atoms with Crippen molar-refractivity contribution < 1.29 is 19.2 Å². The molecule has 26 heavy (non-hydrogen) atoms. The summed E-state index contributed by atoms with van der Waals surface area (Å²) in [6, 6.07) is 12.2. The van der Waals surface area contributed by atoms with Crippen molar-refractivity contribution in [2.75, 3.05) is 5.32 Å². The standard InChI is InChI=1S/C18H15N3O5/c1-11-9-13(7-8-16(11)21(24)25)18(23)26-12(2)17(22)20-15-6-4-3-5-14(15)10-19/h3-9,12H,1-2H3,(H,20,22)/t12-/m1/s1. The van der Waals surface area contributed by atoms with Crippen LogP contribution < -0.4 is 5.32 Å². The number of para-hydroxylation sites is 1. The highest BCUT2D eigenvalue weighted by atomic mass is 16.6. The summed E-state index contributed by atoms with van der Waals surface area (Å²) in [5.74, 6) is -1.38. The second kappa shape index (κ2) is 7.90. The van der Waals surface area contributed by atoms with Gasteiger partial charge >= 0.3 is 5.97 Å². The van der Waals surface area contributed by atoms with Crippen molar-refractivity contribution >= 4 is 23.3 Å². The number of nitro benzene ring substituents is 1. The van der Waals surface area contributed by atoms with E-state index in [1.165, 1.54) is 32.0 Å². The fourth-order valence-electron chi connectivity index (χ4n) is 2.19. The highest BCUT2D eigenvalue weighted by Crippen LogP contribution is 2.20. The lowest BCUT2D eigenvalue weighted by Gasteiger charge is -2.14. The first-order chi connectivity index (χ1) is 12.3. The van der Waals surface area contributed by atoms with Crippen LogP contribution in [0.2, 0.25) is 0 Å². The number of nitro groups is 1. The third kappa shape index (κ3) is 4.21. The Morgan fingerprint density at radius 3 is 2.58 bits per heavy atom. The molecule has 0 aliphatic heterocycles. The van der Waals surface area contributed by atoms with Gasteiger partial charge in [-0.1, -0.05) is 12.1 Å². The van der Waals surface area contributed by atoms with Crippen LogP contribution in [0, 0.1) is 28.4 Å². The molecule has 0 bridgehead atoms. The molecule has 0 heterocycles. The van der Waals surface area contributed by atoms with Crippen LogP contribution in [-0.2, 0) is 9.53 Å². The molecule has 0 spiro atoms. The number of carbonyl (C=O) groups excluding carboxylic acids is 2. The Morgan fingerprint density at radius 1 is 1.27 bits per heavy atom. The van der Waals surface area contributed by atoms with Crippen LogP contribution in [0.4, 0.5) is 11.4 Å². The minimum atomic E-state index is -1.12. The molecule has 0 saturated heterocycles. The highest BCUT2D eigenvalue weighted by Gasteiger charge is 2.21. The lowest BCUT2D eigenvalue weighted by Crippen LogP contribution is -2.30. The van der Waals surface area contributed by atoms with Crippen LogP contribution in [0.3, 0.4) is 0 Å². The van der Waals surface area contributed by atoms with Gasteiger partial charge in [-0.05, 0) is 38.1 Å². The molecule has 2 rings (SSSR count). The largest absolute Gasteiger partial charge is 0.449 e. The molecule has 2 aromatic carbocycles. The number of nitriles is 1. The van der Waals surface area contributed by atoms with Crippen LogP contribution >= 0.6 is 0 Å². The van der Waals surface area contributed by atoms with Gasteiger partial charge in [-0.2, -0.15) is 5.26 Å². The number of hydrogen-bond donors (Lipinski definition) is 1. The van der Waals surface area contributed by atoms with Crippen molar-refractivity contribution in [2.24, 2.45) is 0 Å². The van der Waals surface area contributed by atoms with Gasteiger partial charge in [-0.25, -0.2) is 4.79 Å². The molecule has 1 N–H and O–H groups in total. The molecule has 0 radical (unpaired) electrons. The fourth-order valence-corrected chi connectivity index (χ4v) is 2.19. The van der Waals surface area contributed by atoms with Crippen LogP contribution in [0.15, 0.2) is 42.5 Å². The maximum absolute atomic E-state index is 12.2. The zero-order chi connectivity index (χ0) is 19.3. The molecule has 0 aliphatic carbocycles. The second-order valence-corrected chi connectivity index (χ2v) is 5.45. The van der Waals surface area contributed by atoms with E-state index < -0.39 is 22.9 Å². The molecule has 0 aromatic heterocycles. The van der Waals surface area contributed by atoms with Gasteiger partial charge in [0.15, 0.2) is 6.10 Å². The lowest BCUT2D eigenvalue weighted by atomic mass is 10.1. The molecule has 2 aromatic rings. The van der Waals surface area contributed by atoms with E-state index in [2.05, 4.69) is 5.32 Å². The highest BCUT2D eigenvalue weighted by molar-refractivity contribution is 5.98. The Labute approximate surface area is 149 Å². The predicted octanol–water partition coefficient (Wildman–Crippen LogP) is 2.96. The van der Waals surface area contributed by atoms with Crippen molar-refractivity contribution in [3.8, 4) is 6.07 Å². The summed E-state index contributed by atoms with van der Waals surface area (Å²) in [5.41, 5.74) is 0.898. The smallest absolute Gasteiger partial charge is 0.338 e. The minimum absolute atomic E-state index is 0.102. The predicted molar refractivity (Wildman–Crippen MR) is 92.5 cm³/mol. The van der Waals surface area contributed by atoms with Crippen molar-refractivity contribution in [2.45, 2.75) is 20.0 Å². The molecule has 1 atom stereocenters. The van der Waals surface area contributed by atoms with E-state index in [4.69, 9.17) is 10.00 Å². The van der Waals surface area contributed by atoms with Crippen LogP contribution in [0.25, 0.3) is 0 Å². The monoisotopic (exact) mass is 353 g/mol. The molecule has 0 saturated carbocycles. The van der Waals surface area contributed by atoms with E-state index >= 15 is 0 Å². The molecule has 132 valence electrons. The number of ether oxygens (including phenoxy) is 1. The van der Waals surface area contributed by atoms with E-state index in [-0.39, 0.29) is 16.8 Å². The van der Waals surface area contributed by atoms with E-state index in [1.807, 2.05) is 6.07 Å². The molecule has 8 nitrogen and oxygen atoms in total. The summed E-state index contributed by atoms with van der Waals surface area (Å²) in [7, 11) is 0. The van der Waals surface area contributed by atoms with E-state index in [1.54, 1.807) is 24.3 Å². The number of amides is 1. The SMILES string of the molecule is Cc1cc(C(=O)O[C@H](C)C(=O)Nc2ccccc2C#N)ccc1[N+](=O)[O-]. The summed E-state index contributed by atoms with van der Waals surface area (Å²) in [4.78, 5) is 34.6. The Hall–Kier alpha value is -3.73. The van der Waals surface area contributed by atoms with Crippen molar-refractivity contribution in [1.82, 2.24) is 0 Å². The fraction of sp³-hybridized carbons (Fsp3) is 0.167. The number of benzene rings is 2. The average molecular weight is 353 g/mol. The Morgan fingerprint density at radius 2 is 1.96 bits per heavy atom. The number of nitrogens with zero attached hydrogens (tertiary/aromatic N) is 2. The number of nitrogens with one attached hydrogen (secondary N) is 1. The maximum atomic E-state index is 12.2. The first-order valence-electron chi connectivity index (χ1n) is 7.59. The number of aryl methyl sites for hydroxylation is 1. The van der Waals surface area contributed by atoms with Gasteiger partial charge in [-0.3, -0.25) is 14.9 Å². The Bertz CT molecular complexity index is 917. The summed E-state index contributed by atoms with van der Waals surface area (Å²) in [6.07, 6.45) is -1.12. The summed E-state index contributed by atoms with van der Waals surface area (Å²) < 4.78 is 5.10. The van der Waals surface area contributed by atoms with Crippen LogP contribution in [0.1, 0.15) is 28.4 Å². The summed E-state index contributed by atoms with van der Waals surface area (Å²) >= 11 is 0. The first kappa shape index (κ1) is 18.6. The van der Waals surface area contributed by atoms with Gasteiger partial charge < -0.3 is 10.1 Å². The third-order valence-corrected chi connectivity index (χ3v) is 3.59. The molecule has 0 fully saturated rings. The van der Waals surface area contributed by atoms with Gasteiger partial charge in [-0.15, -0.1) is 0 Å². The Kier molecular flexibility index (Phi) is 5.65. The van der Waals surface area contributed by atoms with Crippen LogP contribution in [0.5, 0.6) is 0 Å². The van der Waals surface area contributed by atoms with Gasteiger partial charge in [0.1, 0.15) is 6.07 Å². The number of hydrogen-bond acceptors (Lipinski definition) is 6. The minimum Gasteiger partial charge on any atom is -0.449 e. The Balaban J connectivity index is 2.07. The number of anilines is 1. The van der Waals surface area contributed by atoms with Crippen LogP contribution in [-0.4, -0.2) is 22.9 Å². The van der Waals surface area contributed by atoms with E-state index in [0.717, 1.165) is 0 Å². The second-order valence-electron chi connectivity index (χ2n) is 5.45. The topological polar surface area (TPSA) is 122 Å². The molecule has 8 heteroatoms. The summed E-state index contributed by atoms with van der Waals surface area (Å²) in [6.45, 7) is 2.89. The zero-order valence-electron chi connectivity index (χ0n) is 14.1. The number of esters is 1. The quantitative estimate of drug-likeness (QED) is 0.501. The maximum Gasteiger partial charge on any atom is 0.338 e. The molecule has 0 aliphatic rings. The molecular weight excluding hydrogens is 338 g/mol. The molecule has 0 unspecified atom stereocenters. The first-order valence-corrected chi connectivity index (χ1v) is 7.59. The number of rotatable bonds is 5. The molecule has 1 amide bonds.